The van der Waals surface area contributed by atoms with Crippen molar-refractivity contribution in [2.45, 2.75) is 13.0 Å². The van der Waals surface area contributed by atoms with Crippen LogP contribution in [0.25, 0.3) is 22.0 Å². The number of H-pyrrole nitrogens is 1. The fraction of sp³-hybridized carbons (Fsp3) is 0.269. The van der Waals surface area contributed by atoms with Crippen molar-refractivity contribution in [3.63, 3.8) is 0 Å². The number of fused-ring (bicyclic) bond motifs is 1. The van der Waals surface area contributed by atoms with Crippen molar-refractivity contribution >= 4 is 16.8 Å². The van der Waals surface area contributed by atoms with E-state index in [2.05, 4.69) is 20.5 Å². The third kappa shape index (κ3) is 4.01. The van der Waals surface area contributed by atoms with Gasteiger partial charge in [0.05, 0.1) is 24.4 Å². The van der Waals surface area contributed by atoms with E-state index in [0.717, 1.165) is 35.1 Å². The predicted octanol–water partition coefficient (Wildman–Crippen LogP) is 4.20. The van der Waals surface area contributed by atoms with Gasteiger partial charge < -0.3 is 15.0 Å². The number of hydrogen-bond acceptors (Lipinski definition) is 5. The molecule has 4 aromatic rings. The minimum absolute atomic E-state index is 0.125. The van der Waals surface area contributed by atoms with Gasteiger partial charge in [0.25, 0.3) is 5.91 Å². The zero-order valence-corrected chi connectivity index (χ0v) is 19.1. The molecule has 8 heteroatoms. The van der Waals surface area contributed by atoms with Gasteiger partial charge in [-0.25, -0.2) is 4.39 Å². The lowest BCUT2D eigenvalue weighted by atomic mass is 9.87. The number of pyridine rings is 1. The summed E-state index contributed by atoms with van der Waals surface area (Å²) in [5, 5.41) is 11.4. The Labute approximate surface area is 197 Å². The summed E-state index contributed by atoms with van der Waals surface area (Å²) in [6, 6.07) is 11.5. The van der Waals surface area contributed by atoms with E-state index in [4.69, 9.17) is 4.74 Å². The molecule has 0 saturated carbocycles. The van der Waals surface area contributed by atoms with E-state index in [1.165, 1.54) is 12.1 Å². The van der Waals surface area contributed by atoms with Gasteiger partial charge in [0, 0.05) is 60.5 Å². The quantitative estimate of drug-likeness (QED) is 0.433. The summed E-state index contributed by atoms with van der Waals surface area (Å²) in [7, 11) is 1.82. The summed E-state index contributed by atoms with van der Waals surface area (Å²) in [5.74, 6) is 0.354. The molecule has 2 aromatic heterocycles. The molecule has 1 aliphatic heterocycles. The number of carbonyl (C=O) groups excluding carboxylic acids is 1. The van der Waals surface area contributed by atoms with Crippen LogP contribution in [-0.4, -0.2) is 52.7 Å². The number of benzene rings is 2. The van der Waals surface area contributed by atoms with Crippen LogP contribution in [0.5, 0.6) is 5.75 Å². The number of halogens is 1. The Morgan fingerprint density at radius 3 is 2.79 bits per heavy atom. The summed E-state index contributed by atoms with van der Waals surface area (Å²) < 4.78 is 19.7. The monoisotopic (exact) mass is 459 g/mol. The van der Waals surface area contributed by atoms with E-state index in [0.29, 0.717) is 23.5 Å². The fourth-order valence-electron chi connectivity index (χ4n) is 4.58. The Hall–Kier alpha value is -3.78. The summed E-state index contributed by atoms with van der Waals surface area (Å²) in [6.45, 7) is 3.94. The van der Waals surface area contributed by atoms with Crippen LogP contribution < -0.4 is 10.1 Å². The molecular weight excluding hydrogens is 433 g/mol. The van der Waals surface area contributed by atoms with Crippen molar-refractivity contribution in [3.8, 4) is 16.9 Å². The number of hydrogen-bond donors (Lipinski definition) is 2. The molecule has 1 amide bonds. The lowest BCUT2D eigenvalue weighted by molar-refractivity contribution is 0.0626. The second kappa shape index (κ2) is 9.23. The largest absolute Gasteiger partial charge is 0.493 e. The van der Waals surface area contributed by atoms with Crippen molar-refractivity contribution in [1.29, 1.82) is 0 Å². The molecule has 7 nitrogen and oxygen atoms in total. The van der Waals surface area contributed by atoms with E-state index in [1.54, 1.807) is 35.5 Å². The number of aromatic nitrogens is 3. The molecule has 2 N–H and O–H groups in total. The standard InChI is InChI=1S/C26H26FN5O2/c1-3-34-23-10-17(7-8-21(23)16-5-4-6-20(27)9-16)26(33)32(2)25(19-12-28-13-19)22-15-29-11-18-14-30-31-24(18)22/h4-11,14-15,19,25,28H,3,12-13H2,1-2H3,(H,30,31)/t25-/m1/s1. The van der Waals surface area contributed by atoms with Crippen LogP contribution in [0.3, 0.4) is 0 Å². The Morgan fingerprint density at radius 2 is 2.06 bits per heavy atom. The number of rotatable bonds is 7. The van der Waals surface area contributed by atoms with Crippen molar-refractivity contribution in [2.24, 2.45) is 5.92 Å². The van der Waals surface area contributed by atoms with E-state index >= 15 is 0 Å². The average Bonchev–Trinajstić information content (AvgIpc) is 3.30. The number of nitrogens with one attached hydrogen (secondary N) is 2. The first-order valence-electron chi connectivity index (χ1n) is 11.3. The molecule has 0 bridgehead atoms. The van der Waals surface area contributed by atoms with Crippen LogP contribution in [0, 0.1) is 11.7 Å². The van der Waals surface area contributed by atoms with Crippen LogP contribution >= 0.6 is 0 Å². The Morgan fingerprint density at radius 1 is 1.21 bits per heavy atom. The van der Waals surface area contributed by atoms with Crippen LogP contribution in [0.4, 0.5) is 4.39 Å². The van der Waals surface area contributed by atoms with Gasteiger partial charge >= 0.3 is 0 Å². The van der Waals surface area contributed by atoms with Gasteiger partial charge in [0.1, 0.15) is 11.6 Å². The molecule has 0 radical (unpaired) electrons. The van der Waals surface area contributed by atoms with E-state index in [9.17, 15) is 9.18 Å². The SMILES string of the molecule is CCOc1cc(C(=O)N(C)[C@@H](c2cncc3cn[nH]c23)C2CNC2)ccc1-c1cccc(F)c1. The molecular formula is C26H26FN5O2. The van der Waals surface area contributed by atoms with E-state index in [1.807, 2.05) is 32.3 Å². The van der Waals surface area contributed by atoms with Crippen LogP contribution in [0.15, 0.2) is 61.1 Å². The Bertz CT molecular complexity index is 1330. The van der Waals surface area contributed by atoms with Crippen LogP contribution in [0.1, 0.15) is 28.9 Å². The molecule has 1 saturated heterocycles. The molecule has 0 spiro atoms. The zero-order chi connectivity index (χ0) is 23.7. The molecule has 0 unspecified atom stereocenters. The predicted molar refractivity (Wildman–Crippen MR) is 128 cm³/mol. The number of aromatic amines is 1. The molecule has 0 aliphatic carbocycles. The molecule has 2 aromatic carbocycles. The molecule has 1 aliphatic rings. The molecule has 1 atom stereocenters. The maximum atomic E-state index is 13.8. The van der Waals surface area contributed by atoms with Gasteiger partial charge in [-0.2, -0.15) is 5.10 Å². The first-order valence-corrected chi connectivity index (χ1v) is 11.3. The van der Waals surface area contributed by atoms with E-state index < -0.39 is 0 Å². The highest BCUT2D eigenvalue weighted by molar-refractivity contribution is 5.96. The highest BCUT2D eigenvalue weighted by atomic mass is 19.1. The average molecular weight is 460 g/mol. The molecule has 3 heterocycles. The highest BCUT2D eigenvalue weighted by Gasteiger charge is 2.35. The molecule has 34 heavy (non-hydrogen) atoms. The number of nitrogens with zero attached hydrogens (tertiary/aromatic N) is 3. The lowest BCUT2D eigenvalue weighted by Crippen LogP contribution is -2.50. The second-order valence-corrected chi connectivity index (χ2v) is 8.50. The topological polar surface area (TPSA) is 83.1 Å². The van der Waals surface area contributed by atoms with Gasteiger partial charge in [-0.15, -0.1) is 0 Å². The molecule has 1 fully saturated rings. The summed E-state index contributed by atoms with van der Waals surface area (Å²) >= 11 is 0. The van der Waals surface area contributed by atoms with Crippen molar-refractivity contribution in [1.82, 2.24) is 25.4 Å². The first-order chi connectivity index (χ1) is 16.6. The van der Waals surface area contributed by atoms with Crippen LogP contribution in [0.2, 0.25) is 0 Å². The third-order valence-electron chi connectivity index (χ3n) is 6.36. The minimum atomic E-state index is -0.321. The first kappa shape index (κ1) is 22.0. The van der Waals surface area contributed by atoms with Gasteiger partial charge in [-0.1, -0.05) is 12.1 Å². The normalized spacial score (nSPS) is 14.6. The van der Waals surface area contributed by atoms with Crippen molar-refractivity contribution in [3.05, 3.63) is 78.0 Å². The molecule has 174 valence electrons. The molecule has 5 rings (SSSR count). The van der Waals surface area contributed by atoms with Gasteiger partial charge in [0.2, 0.25) is 0 Å². The zero-order valence-electron chi connectivity index (χ0n) is 19.1. The fourth-order valence-corrected chi connectivity index (χ4v) is 4.58. The second-order valence-electron chi connectivity index (χ2n) is 8.50. The number of amides is 1. The summed E-state index contributed by atoms with van der Waals surface area (Å²) in [4.78, 5) is 19.8. The van der Waals surface area contributed by atoms with Crippen molar-refractivity contribution < 1.29 is 13.9 Å². The van der Waals surface area contributed by atoms with Gasteiger partial charge in [-0.05, 0) is 42.8 Å². The summed E-state index contributed by atoms with van der Waals surface area (Å²) in [6.07, 6.45) is 5.31. The van der Waals surface area contributed by atoms with Crippen molar-refractivity contribution in [2.75, 3.05) is 26.7 Å². The third-order valence-corrected chi connectivity index (χ3v) is 6.36. The highest BCUT2D eigenvalue weighted by Crippen LogP contribution is 2.36. The minimum Gasteiger partial charge on any atom is -0.493 e. The number of ether oxygens (including phenoxy) is 1. The Balaban J connectivity index is 1.51. The maximum absolute atomic E-state index is 13.8. The summed E-state index contributed by atoms with van der Waals surface area (Å²) in [5.41, 5.74) is 3.79. The lowest BCUT2D eigenvalue weighted by Gasteiger charge is -2.40. The maximum Gasteiger partial charge on any atom is 0.254 e. The number of carbonyl (C=O) groups is 1. The van der Waals surface area contributed by atoms with E-state index in [-0.39, 0.29) is 23.7 Å². The van der Waals surface area contributed by atoms with Crippen LogP contribution in [-0.2, 0) is 0 Å². The van der Waals surface area contributed by atoms with Gasteiger partial charge in [0.15, 0.2) is 0 Å². The smallest absolute Gasteiger partial charge is 0.254 e. The van der Waals surface area contributed by atoms with Gasteiger partial charge in [-0.3, -0.25) is 14.9 Å². The Kier molecular flexibility index (Phi) is 5.98.